The maximum absolute atomic E-state index is 11.0. The van der Waals surface area contributed by atoms with Gasteiger partial charge in [-0.1, -0.05) is 43.7 Å². The number of amides is 2. The monoisotopic (exact) mass is 680 g/mol. The highest BCUT2D eigenvalue weighted by molar-refractivity contribution is 9.10. The predicted octanol–water partition coefficient (Wildman–Crippen LogP) is 7.35. The molecule has 0 aliphatic heterocycles. The zero-order valence-corrected chi connectivity index (χ0v) is 26.1. The van der Waals surface area contributed by atoms with Crippen LogP contribution < -0.4 is 10.6 Å². The Bertz CT molecular complexity index is 984. The van der Waals surface area contributed by atoms with Gasteiger partial charge in [0.05, 0.1) is 13.2 Å². The molecule has 0 fully saturated rings. The van der Waals surface area contributed by atoms with Gasteiger partial charge < -0.3 is 19.7 Å². The van der Waals surface area contributed by atoms with Gasteiger partial charge in [-0.2, -0.15) is 0 Å². The van der Waals surface area contributed by atoms with Crippen molar-refractivity contribution >= 4 is 55.4 Å². The van der Waals surface area contributed by atoms with Crippen LogP contribution in [0.2, 0.25) is 0 Å². The minimum atomic E-state index is -0.426. The van der Waals surface area contributed by atoms with Crippen LogP contribution in [-0.4, -0.2) is 48.8 Å². The number of benzene rings is 2. The molecule has 4 N–H and O–H groups in total. The summed E-state index contributed by atoms with van der Waals surface area (Å²) in [7, 11) is 0. The Balaban J connectivity index is 0.000000571. The Morgan fingerprint density at radius 1 is 0.675 bits per heavy atom. The van der Waals surface area contributed by atoms with Gasteiger partial charge in [0, 0.05) is 46.4 Å². The number of hydrogen-bond acceptors (Lipinski definition) is 6. The fourth-order valence-corrected chi connectivity index (χ4v) is 3.03. The van der Waals surface area contributed by atoms with Gasteiger partial charge in [-0.05, 0) is 99.9 Å². The standard InChI is InChI=1S/C12H18O2.2C9H10BrNO2/c13-11-9-7-5-3-1-2-4-6-8-10-12-14;2*1-2-13-9(12)11-8-5-3-7(10)4-6-8/h13-14H,5-12H2;2*3-6H,2H2,1H3,(H,11,12). The van der Waals surface area contributed by atoms with Crippen molar-refractivity contribution in [2.75, 3.05) is 37.1 Å². The number of rotatable bonds is 10. The van der Waals surface area contributed by atoms with E-state index in [0.29, 0.717) is 13.2 Å². The van der Waals surface area contributed by atoms with Crippen LogP contribution in [0.1, 0.15) is 52.4 Å². The van der Waals surface area contributed by atoms with Gasteiger partial charge in [0.2, 0.25) is 0 Å². The molecule has 0 unspecified atom stereocenters. The van der Waals surface area contributed by atoms with E-state index in [1.165, 1.54) is 0 Å². The highest BCUT2D eigenvalue weighted by Crippen LogP contribution is 2.15. The van der Waals surface area contributed by atoms with E-state index in [2.05, 4.69) is 66.2 Å². The van der Waals surface area contributed by atoms with E-state index >= 15 is 0 Å². The first-order valence-electron chi connectivity index (χ1n) is 12.9. The average molecular weight is 682 g/mol. The van der Waals surface area contributed by atoms with Crippen LogP contribution in [0.4, 0.5) is 21.0 Å². The SMILES string of the molecule is CCOC(=O)Nc1ccc(Br)cc1.CCOC(=O)Nc1ccc(Br)cc1.OCCCCC#CC#CCCCCO. The van der Waals surface area contributed by atoms with Gasteiger partial charge in [0.25, 0.3) is 0 Å². The summed E-state index contributed by atoms with van der Waals surface area (Å²) in [5, 5.41) is 22.2. The lowest BCUT2D eigenvalue weighted by molar-refractivity contribution is 0.167. The van der Waals surface area contributed by atoms with Gasteiger partial charge >= 0.3 is 12.2 Å². The topological polar surface area (TPSA) is 117 Å². The third kappa shape index (κ3) is 22.9. The molecule has 0 saturated carbocycles. The Kier molecular flexibility index (Phi) is 24.2. The summed E-state index contributed by atoms with van der Waals surface area (Å²) in [5.74, 6) is 11.4. The van der Waals surface area contributed by atoms with Crippen LogP contribution in [-0.2, 0) is 9.47 Å². The Morgan fingerprint density at radius 3 is 1.32 bits per heavy atom. The maximum Gasteiger partial charge on any atom is 0.411 e. The number of aliphatic hydroxyl groups is 2. The highest BCUT2D eigenvalue weighted by Gasteiger charge is 2.01. The van der Waals surface area contributed by atoms with Crippen LogP contribution in [0.3, 0.4) is 0 Å². The lowest BCUT2D eigenvalue weighted by Gasteiger charge is -2.04. The van der Waals surface area contributed by atoms with Crippen LogP contribution in [0.5, 0.6) is 0 Å². The van der Waals surface area contributed by atoms with Gasteiger partial charge in [0.1, 0.15) is 0 Å². The van der Waals surface area contributed by atoms with Crippen LogP contribution in [0.15, 0.2) is 57.5 Å². The highest BCUT2D eigenvalue weighted by atomic mass is 79.9. The average Bonchev–Trinajstić information content (AvgIpc) is 2.93. The third-order valence-corrected chi connectivity index (χ3v) is 5.45. The number of carbonyl (C=O) groups is 2. The molecule has 0 atom stereocenters. The number of halogens is 2. The maximum atomic E-state index is 11.0. The second-order valence-corrected chi connectivity index (χ2v) is 9.50. The molecule has 2 aromatic carbocycles. The second kappa shape index (κ2) is 26.2. The van der Waals surface area contributed by atoms with E-state index in [1.807, 2.05) is 24.3 Å². The number of hydrogen-bond donors (Lipinski definition) is 4. The van der Waals surface area contributed by atoms with E-state index < -0.39 is 12.2 Å². The number of ether oxygens (including phenoxy) is 2. The lowest BCUT2D eigenvalue weighted by Crippen LogP contribution is -2.12. The zero-order valence-electron chi connectivity index (χ0n) is 23.0. The van der Waals surface area contributed by atoms with E-state index in [-0.39, 0.29) is 13.2 Å². The Morgan fingerprint density at radius 2 is 1.02 bits per heavy atom. The Labute approximate surface area is 254 Å². The van der Waals surface area contributed by atoms with Crippen LogP contribution >= 0.6 is 31.9 Å². The molecule has 0 saturated heterocycles. The summed E-state index contributed by atoms with van der Waals surface area (Å²) < 4.78 is 11.4. The first-order chi connectivity index (χ1) is 19.4. The molecule has 0 aliphatic rings. The van der Waals surface area contributed by atoms with Crippen molar-refractivity contribution in [2.24, 2.45) is 0 Å². The van der Waals surface area contributed by atoms with Crippen LogP contribution in [0, 0.1) is 23.7 Å². The van der Waals surface area contributed by atoms with Crippen molar-refractivity contribution in [1.29, 1.82) is 0 Å². The molecule has 8 nitrogen and oxygen atoms in total. The van der Waals surface area contributed by atoms with Crippen molar-refractivity contribution in [3.63, 3.8) is 0 Å². The van der Waals surface area contributed by atoms with Gasteiger partial charge in [-0.15, -0.1) is 0 Å². The Hall–Kier alpha value is -3.02. The van der Waals surface area contributed by atoms with Crippen molar-refractivity contribution in [2.45, 2.75) is 52.4 Å². The fraction of sp³-hybridized carbons (Fsp3) is 0.400. The van der Waals surface area contributed by atoms with Gasteiger partial charge in [-0.3, -0.25) is 10.6 Å². The molecule has 0 aromatic heterocycles. The molecule has 40 heavy (non-hydrogen) atoms. The first kappa shape index (κ1) is 37.0. The van der Waals surface area contributed by atoms with Crippen molar-refractivity contribution in [3.8, 4) is 23.7 Å². The molecule has 2 aromatic rings. The largest absolute Gasteiger partial charge is 0.450 e. The fourth-order valence-electron chi connectivity index (χ4n) is 2.50. The number of unbranched alkanes of at least 4 members (excludes halogenated alkanes) is 4. The smallest absolute Gasteiger partial charge is 0.411 e. The normalized spacial score (nSPS) is 9.05. The second-order valence-electron chi connectivity index (χ2n) is 7.67. The molecule has 0 heterocycles. The van der Waals surface area contributed by atoms with Crippen molar-refractivity contribution in [1.82, 2.24) is 0 Å². The van der Waals surface area contributed by atoms with E-state index in [0.717, 1.165) is 58.8 Å². The number of aliphatic hydroxyl groups excluding tert-OH is 2. The van der Waals surface area contributed by atoms with Crippen molar-refractivity contribution in [3.05, 3.63) is 57.5 Å². The molecule has 2 amide bonds. The molecule has 0 bridgehead atoms. The molecule has 0 spiro atoms. The summed E-state index contributed by atoms with van der Waals surface area (Å²) in [5.41, 5.74) is 1.45. The molecule has 0 aliphatic carbocycles. The van der Waals surface area contributed by atoms with Gasteiger partial charge in [-0.25, -0.2) is 9.59 Å². The lowest BCUT2D eigenvalue weighted by atomic mass is 10.2. The van der Waals surface area contributed by atoms with E-state index in [9.17, 15) is 9.59 Å². The van der Waals surface area contributed by atoms with Crippen molar-refractivity contribution < 1.29 is 29.3 Å². The number of anilines is 2. The minimum Gasteiger partial charge on any atom is -0.450 e. The third-order valence-electron chi connectivity index (χ3n) is 4.39. The first-order valence-corrected chi connectivity index (χ1v) is 14.5. The molecule has 0 radical (unpaired) electrons. The molecule has 10 heteroatoms. The molecular weight excluding hydrogens is 644 g/mol. The van der Waals surface area contributed by atoms with E-state index in [4.69, 9.17) is 19.7 Å². The van der Waals surface area contributed by atoms with Gasteiger partial charge in [0.15, 0.2) is 0 Å². The zero-order chi connectivity index (χ0) is 29.8. The summed E-state index contributed by atoms with van der Waals surface area (Å²) in [4.78, 5) is 21.9. The summed E-state index contributed by atoms with van der Waals surface area (Å²) in [6, 6.07) is 14.6. The predicted molar refractivity (Wildman–Crippen MR) is 167 cm³/mol. The minimum absolute atomic E-state index is 0.245. The molecular formula is C30H38Br2N2O6. The number of carbonyl (C=O) groups excluding carboxylic acids is 2. The number of nitrogens with one attached hydrogen (secondary N) is 2. The quantitative estimate of drug-likeness (QED) is 0.154. The van der Waals surface area contributed by atoms with Crippen LogP contribution in [0.25, 0.3) is 0 Å². The molecule has 218 valence electrons. The van der Waals surface area contributed by atoms with E-state index in [1.54, 1.807) is 38.1 Å². The summed E-state index contributed by atoms with van der Waals surface area (Å²) in [6.07, 6.45) is 4.29. The summed E-state index contributed by atoms with van der Waals surface area (Å²) >= 11 is 6.60. The summed E-state index contributed by atoms with van der Waals surface area (Å²) in [6.45, 7) is 4.77. The molecule has 2 rings (SSSR count).